The van der Waals surface area contributed by atoms with Gasteiger partial charge in [-0.25, -0.2) is 4.89 Å². The molecule has 0 amide bonds. The maximum atomic E-state index is 9.16. The van der Waals surface area contributed by atoms with Gasteiger partial charge in [-0.1, -0.05) is 30.3 Å². The summed E-state index contributed by atoms with van der Waals surface area (Å²) >= 11 is 0. The summed E-state index contributed by atoms with van der Waals surface area (Å²) in [5.41, 5.74) is -1.34. The maximum absolute atomic E-state index is 9.16. The number of nitrogens with zero attached hydrogens (tertiary/aromatic N) is 2. The Morgan fingerprint density at radius 1 is 1.00 bits per heavy atom. The first-order chi connectivity index (χ1) is 8.41. The van der Waals surface area contributed by atoms with E-state index in [1.807, 2.05) is 42.5 Å². The van der Waals surface area contributed by atoms with E-state index in [1.165, 1.54) is 0 Å². The molecule has 0 bridgehead atoms. The molecule has 4 heteroatoms. The van der Waals surface area contributed by atoms with Crippen molar-refractivity contribution in [3.63, 3.8) is 0 Å². The quantitative estimate of drug-likeness (QED) is 0.603. The first-order valence-electron chi connectivity index (χ1n) is 5.64. The van der Waals surface area contributed by atoms with Crippen molar-refractivity contribution in [1.82, 2.24) is 0 Å². The third-order valence-electron chi connectivity index (χ3n) is 2.09. The molecule has 0 saturated heterocycles. The summed E-state index contributed by atoms with van der Waals surface area (Å²) in [5, 5.41) is 18.3. The van der Waals surface area contributed by atoms with Crippen molar-refractivity contribution in [3.05, 3.63) is 35.9 Å². The van der Waals surface area contributed by atoms with E-state index in [-0.39, 0.29) is 6.42 Å². The lowest BCUT2D eigenvalue weighted by Crippen LogP contribution is -2.35. The van der Waals surface area contributed by atoms with Gasteiger partial charge in [0.2, 0.25) is 0 Å². The van der Waals surface area contributed by atoms with Gasteiger partial charge in [-0.3, -0.25) is 0 Å². The standard InChI is InChI=1S/C14H16N2O2/c1-13(2,3)17-18-14(10-15,11-16)9-12-7-5-4-6-8-12/h4-8H,9H2,1-3H3. The Balaban J connectivity index is 2.83. The van der Waals surface area contributed by atoms with E-state index in [1.54, 1.807) is 20.8 Å². The Labute approximate surface area is 107 Å². The zero-order valence-corrected chi connectivity index (χ0v) is 10.8. The molecule has 0 unspecified atom stereocenters. The highest BCUT2D eigenvalue weighted by Crippen LogP contribution is 2.20. The fraction of sp³-hybridized carbons (Fsp3) is 0.429. The van der Waals surface area contributed by atoms with Gasteiger partial charge in [0.25, 0.3) is 5.60 Å². The Bertz CT molecular complexity index is 449. The van der Waals surface area contributed by atoms with Crippen LogP contribution in [0.3, 0.4) is 0 Å². The lowest BCUT2D eigenvalue weighted by atomic mass is 9.98. The predicted octanol–water partition coefficient (Wildman–Crippen LogP) is 2.76. The Hall–Kier alpha value is -1.88. The second kappa shape index (κ2) is 5.64. The van der Waals surface area contributed by atoms with Crippen LogP contribution < -0.4 is 0 Å². The van der Waals surface area contributed by atoms with Crippen LogP contribution in [0.5, 0.6) is 0 Å². The van der Waals surface area contributed by atoms with Crippen LogP contribution in [0, 0.1) is 22.7 Å². The molecule has 1 aromatic carbocycles. The van der Waals surface area contributed by atoms with Gasteiger partial charge in [-0.2, -0.15) is 15.4 Å². The van der Waals surface area contributed by atoms with E-state index in [4.69, 9.17) is 20.3 Å². The molecule has 0 heterocycles. The van der Waals surface area contributed by atoms with Crippen molar-refractivity contribution in [1.29, 1.82) is 10.5 Å². The molecule has 0 N–H and O–H groups in total. The third-order valence-corrected chi connectivity index (χ3v) is 2.09. The van der Waals surface area contributed by atoms with Gasteiger partial charge >= 0.3 is 0 Å². The Kier molecular flexibility index (Phi) is 4.44. The molecule has 0 atom stereocenters. The van der Waals surface area contributed by atoms with Crippen LogP contribution in [0.2, 0.25) is 0 Å². The van der Waals surface area contributed by atoms with E-state index in [0.29, 0.717) is 0 Å². The predicted molar refractivity (Wildman–Crippen MR) is 66.0 cm³/mol. The number of hydrogen-bond donors (Lipinski definition) is 0. The average Bonchev–Trinajstić information content (AvgIpc) is 2.35. The molecule has 1 aromatic rings. The summed E-state index contributed by atoms with van der Waals surface area (Å²) in [6.07, 6.45) is 0.164. The van der Waals surface area contributed by atoms with Gasteiger partial charge in [-0.05, 0) is 26.3 Å². The van der Waals surface area contributed by atoms with Crippen LogP contribution in [0.15, 0.2) is 30.3 Å². The first kappa shape index (κ1) is 14.2. The van der Waals surface area contributed by atoms with Crippen molar-refractivity contribution < 1.29 is 9.78 Å². The van der Waals surface area contributed by atoms with Gasteiger partial charge in [0.15, 0.2) is 0 Å². The van der Waals surface area contributed by atoms with Crippen molar-refractivity contribution in [2.45, 2.75) is 38.4 Å². The van der Waals surface area contributed by atoms with E-state index >= 15 is 0 Å². The van der Waals surface area contributed by atoms with E-state index in [2.05, 4.69) is 0 Å². The van der Waals surface area contributed by atoms with Crippen molar-refractivity contribution in [2.75, 3.05) is 0 Å². The molecule has 0 aliphatic rings. The minimum atomic E-state index is -1.62. The summed E-state index contributed by atoms with van der Waals surface area (Å²) in [7, 11) is 0. The molecular weight excluding hydrogens is 228 g/mol. The van der Waals surface area contributed by atoms with Crippen LogP contribution in [0.25, 0.3) is 0 Å². The molecule has 18 heavy (non-hydrogen) atoms. The van der Waals surface area contributed by atoms with Crippen molar-refractivity contribution in [2.24, 2.45) is 0 Å². The number of nitriles is 2. The Morgan fingerprint density at radius 2 is 1.56 bits per heavy atom. The molecule has 0 saturated carbocycles. The van der Waals surface area contributed by atoms with Crippen LogP contribution in [-0.2, 0) is 16.2 Å². The largest absolute Gasteiger partial charge is 0.277 e. The minimum Gasteiger partial charge on any atom is -0.228 e. The molecule has 0 aliphatic heterocycles. The molecular formula is C14H16N2O2. The first-order valence-corrected chi connectivity index (χ1v) is 5.64. The van der Waals surface area contributed by atoms with Crippen LogP contribution in [0.4, 0.5) is 0 Å². The molecule has 0 radical (unpaired) electrons. The fourth-order valence-electron chi connectivity index (χ4n) is 1.25. The average molecular weight is 244 g/mol. The second-order valence-corrected chi connectivity index (χ2v) is 4.99. The summed E-state index contributed by atoms with van der Waals surface area (Å²) in [4.78, 5) is 10.2. The molecule has 0 spiro atoms. The van der Waals surface area contributed by atoms with Gasteiger partial charge in [0.05, 0.1) is 5.60 Å². The lowest BCUT2D eigenvalue weighted by Gasteiger charge is -2.24. The Morgan fingerprint density at radius 3 is 2.00 bits per heavy atom. The van der Waals surface area contributed by atoms with Gasteiger partial charge in [0, 0.05) is 6.42 Å². The zero-order valence-electron chi connectivity index (χ0n) is 10.8. The van der Waals surface area contributed by atoms with Crippen LogP contribution in [-0.4, -0.2) is 11.2 Å². The maximum Gasteiger partial charge on any atom is 0.277 e. The van der Waals surface area contributed by atoms with Crippen molar-refractivity contribution in [3.8, 4) is 12.1 Å². The molecule has 4 nitrogen and oxygen atoms in total. The zero-order chi connectivity index (χ0) is 13.6. The topological polar surface area (TPSA) is 66.0 Å². The van der Waals surface area contributed by atoms with E-state index in [0.717, 1.165) is 5.56 Å². The molecule has 1 rings (SSSR count). The fourth-order valence-corrected chi connectivity index (χ4v) is 1.25. The highest BCUT2D eigenvalue weighted by atomic mass is 17.2. The lowest BCUT2D eigenvalue weighted by molar-refractivity contribution is -0.379. The third kappa shape index (κ3) is 4.18. The summed E-state index contributed by atoms with van der Waals surface area (Å²) in [6, 6.07) is 13.0. The molecule has 94 valence electrons. The smallest absolute Gasteiger partial charge is 0.228 e. The summed E-state index contributed by atoms with van der Waals surface area (Å²) in [5.74, 6) is 0. The SMILES string of the molecule is CC(C)(C)OOC(C#N)(C#N)Cc1ccccc1. The van der Waals surface area contributed by atoms with Gasteiger partial charge in [0.1, 0.15) is 12.1 Å². The van der Waals surface area contributed by atoms with Gasteiger partial charge < -0.3 is 0 Å². The van der Waals surface area contributed by atoms with Crippen LogP contribution in [0.1, 0.15) is 26.3 Å². The molecule has 0 aliphatic carbocycles. The molecule has 0 aromatic heterocycles. The summed E-state index contributed by atoms with van der Waals surface area (Å²) in [6.45, 7) is 5.36. The number of rotatable bonds is 4. The van der Waals surface area contributed by atoms with E-state index < -0.39 is 11.2 Å². The highest BCUT2D eigenvalue weighted by molar-refractivity contribution is 5.26. The minimum absolute atomic E-state index is 0.164. The monoisotopic (exact) mass is 244 g/mol. The molecule has 0 fully saturated rings. The van der Waals surface area contributed by atoms with Crippen LogP contribution >= 0.6 is 0 Å². The van der Waals surface area contributed by atoms with E-state index in [9.17, 15) is 0 Å². The van der Waals surface area contributed by atoms with Crippen molar-refractivity contribution >= 4 is 0 Å². The normalized spacial score (nSPS) is 11.6. The highest BCUT2D eigenvalue weighted by Gasteiger charge is 2.35. The summed E-state index contributed by atoms with van der Waals surface area (Å²) < 4.78 is 0. The van der Waals surface area contributed by atoms with Gasteiger partial charge in [-0.15, -0.1) is 0 Å². The number of benzene rings is 1. The number of hydrogen-bond acceptors (Lipinski definition) is 4. The second-order valence-electron chi connectivity index (χ2n) is 4.99.